The first-order valence-electron chi connectivity index (χ1n) is 10.8. The highest BCUT2D eigenvalue weighted by atomic mass is 32.1. The number of nitrogens with zero attached hydrogens (tertiary/aromatic N) is 2. The van der Waals surface area contributed by atoms with Gasteiger partial charge in [-0.15, -0.1) is 11.3 Å². The van der Waals surface area contributed by atoms with Crippen molar-refractivity contribution in [2.24, 2.45) is 4.99 Å². The van der Waals surface area contributed by atoms with Crippen LogP contribution in [0.4, 0.5) is 0 Å². The van der Waals surface area contributed by atoms with E-state index in [-0.39, 0.29) is 12.2 Å². The molecule has 0 bridgehead atoms. The lowest BCUT2D eigenvalue weighted by molar-refractivity contribution is -0.139. The minimum absolute atomic E-state index is 0.184. The molecule has 172 valence electrons. The van der Waals surface area contributed by atoms with Gasteiger partial charge in [0.2, 0.25) is 0 Å². The fourth-order valence-electron chi connectivity index (χ4n) is 4.30. The molecule has 4 aromatic rings. The Balaban J connectivity index is 1.83. The molecule has 0 saturated heterocycles. The zero-order valence-electron chi connectivity index (χ0n) is 18.9. The van der Waals surface area contributed by atoms with Crippen molar-refractivity contribution in [2.45, 2.75) is 19.9 Å². The molecule has 3 heterocycles. The minimum Gasteiger partial charge on any atom is -0.496 e. The molecule has 2 aromatic heterocycles. The second kappa shape index (κ2) is 9.04. The molecular formula is C26H22N2O4S2. The van der Waals surface area contributed by atoms with E-state index in [1.807, 2.05) is 60.0 Å². The highest BCUT2D eigenvalue weighted by Crippen LogP contribution is 2.37. The Hall–Kier alpha value is -3.49. The second-order valence-electron chi connectivity index (χ2n) is 7.72. The summed E-state index contributed by atoms with van der Waals surface area (Å²) in [6, 6.07) is 14.9. The summed E-state index contributed by atoms with van der Waals surface area (Å²) in [6.07, 6.45) is 1.88. The molecule has 0 aliphatic carbocycles. The van der Waals surface area contributed by atoms with Gasteiger partial charge < -0.3 is 9.47 Å². The molecule has 6 nitrogen and oxygen atoms in total. The van der Waals surface area contributed by atoms with Crippen LogP contribution in [0.3, 0.4) is 0 Å². The smallest absolute Gasteiger partial charge is 0.338 e. The van der Waals surface area contributed by atoms with Crippen molar-refractivity contribution in [3.8, 4) is 5.75 Å². The molecule has 0 spiro atoms. The Morgan fingerprint density at radius 3 is 2.65 bits per heavy atom. The average Bonchev–Trinajstić information content (AvgIpc) is 3.45. The van der Waals surface area contributed by atoms with E-state index in [9.17, 15) is 9.59 Å². The summed E-state index contributed by atoms with van der Waals surface area (Å²) in [5.74, 6) is 0.254. The van der Waals surface area contributed by atoms with Crippen LogP contribution in [0.5, 0.6) is 5.75 Å². The lowest BCUT2D eigenvalue weighted by Gasteiger charge is -2.26. The molecule has 0 fully saturated rings. The third-order valence-corrected chi connectivity index (χ3v) is 7.57. The number of hydrogen-bond acceptors (Lipinski definition) is 7. The normalized spacial score (nSPS) is 15.9. The van der Waals surface area contributed by atoms with Crippen molar-refractivity contribution < 1.29 is 14.3 Å². The fraction of sp³-hybridized carbons (Fsp3) is 0.192. The van der Waals surface area contributed by atoms with Crippen molar-refractivity contribution in [2.75, 3.05) is 13.7 Å². The summed E-state index contributed by atoms with van der Waals surface area (Å²) < 4.78 is 13.2. The standard InChI is InChI=1S/C26H22N2O4S2/c1-4-32-25(30)22-15(2)27-26-28(24(29)21(34-26)14-16-8-7-13-33-16)23(22)19-11-12-20(31-3)18-10-6-5-9-17(18)19/h5-14,23H,4H2,1-3H3/b21-14+/t23-/m0/s1. The van der Waals surface area contributed by atoms with Crippen molar-refractivity contribution >= 4 is 45.5 Å². The number of esters is 1. The quantitative estimate of drug-likeness (QED) is 0.396. The van der Waals surface area contributed by atoms with Gasteiger partial charge in [0, 0.05) is 10.3 Å². The van der Waals surface area contributed by atoms with E-state index in [4.69, 9.17) is 9.47 Å². The number of thiazole rings is 1. The number of fused-ring (bicyclic) bond motifs is 2. The lowest BCUT2D eigenvalue weighted by Crippen LogP contribution is -2.40. The summed E-state index contributed by atoms with van der Waals surface area (Å²) in [5.41, 5.74) is 1.55. The van der Waals surface area contributed by atoms with Crippen LogP contribution in [-0.2, 0) is 9.53 Å². The first-order valence-corrected chi connectivity index (χ1v) is 12.5. The van der Waals surface area contributed by atoms with Gasteiger partial charge >= 0.3 is 5.97 Å². The van der Waals surface area contributed by atoms with Gasteiger partial charge in [-0.3, -0.25) is 9.36 Å². The van der Waals surface area contributed by atoms with E-state index < -0.39 is 12.0 Å². The number of allylic oxidation sites excluding steroid dienone is 1. The number of aromatic nitrogens is 1. The fourth-order valence-corrected chi connectivity index (χ4v) is 6.07. The van der Waals surface area contributed by atoms with Crippen LogP contribution >= 0.6 is 22.7 Å². The maximum absolute atomic E-state index is 13.7. The predicted octanol–water partition coefficient (Wildman–Crippen LogP) is 4.02. The molecule has 0 unspecified atom stereocenters. The van der Waals surface area contributed by atoms with E-state index in [0.29, 0.717) is 20.6 Å². The monoisotopic (exact) mass is 490 g/mol. The summed E-state index contributed by atoms with van der Waals surface area (Å²) in [4.78, 5) is 33.0. The van der Waals surface area contributed by atoms with Crippen LogP contribution in [0.15, 0.2) is 75.0 Å². The van der Waals surface area contributed by atoms with Gasteiger partial charge in [0.1, 0.15) is 5.75 Å². The van der Waals surface area contributed by atoms with E-state index in [1.54, 1.807) is 36.9 Å². The Morgan fingerprint density at radius 1 is 1.15 bits per heavy atom. The zero-order valence-corrected chi connectivity index (χ0v) is 20.5. The minimum atomic E-state index is -0.670. The number of ether oxygens (including phenoxy) is 2. The van der Waals surface area contributed by atoms with Crippen LogP contribution < -0.4 is 19.6 Å². The number of benzene rings is 2. The number of thiophene rings is 1. The van der Waals surface area contributed by atoms with E-state index >= 15 is 0 Å². The molecule has 0 amide bonds. The third-order valence-electron chi connectivity index (χ3n) is 5.77. The largest absolute Gasteiger partial charge is 0.496 e. The topological polar surface area (TPSA) is 69.9 Å². The molecule has 1 atom stereocenters. The van der Waals surface area contributed by atoms with Crippen LogP contribution in [0.2, 0.25) is 0 Å². The van der Waals surface area contributed by atoms with Gasteiger partial charge in [-0.05, 0) is 48.4 Å². The Labute approximate surface area is 203 Å². The van der Waals surface area contributed by atoms with Crippen LogP contribution in [0.25, 0.3) is 16.8 Å². The number of carbonyl (C=O) groups is 1. The van der Waals surface area contributed by atoms with Crippen LogP contribution in [-0.4, -0.2) is 24.3 Å². The number of methoxy groups -OCH3 is 1. The van der Waals surface area contributed by atoms with Gasteiger partial charge in [0.25, 0.3) is 5.56 Å². The first kappa shape index (κ1) is 22.3. The van der Waals surface area contributed by atoms with Crippen molar-refractivity contribution in [3.05, 3.63) is 95.3 Å². The van der Waals surface area contributed by atoms with Crippen LogP contribution in [0.1, 0.15) is 30.3 Å². The first-order chi connectivity index (χ1) is 16.5. The van der Waals surface area contributed by atoms with Gasteiger partial charge in [0.15, 0.2) is 4.80 Å². The third kappa shape index (κ3) is 3.69. The van der Waals surface area contributed by atoms with Gasteiger partial charge in [-0.1, -0.05) is 47.7 Å². The molecule has 0 radical (unpaired) electrons. The maximum atomic E-state index is 13.7. The number of rotatable bonds is 5. The molecular weight excluding hydrogens is 468 g/mol. The van der Waals surface area contributed by atoms with Gasteiger partial charge in [-0.2, -0.15) is 0 Å². The van der Waals surface area contributed by atoms with Crippen molar-refractivity contribution in [3.63, 3.8) is 0 Å². The Kier molecular flexibility index (Phi) is 5.93. The maximum Gasteiger partial charge on any atom is 0.338 e. The molecule has 2 aromatic carbocycles. The Morgan fingerprint density at radius 2 is 1.94 bits per heavy atom. The van der Waals surface area contributed by atoms with Gasteiger partial charge in [0.05, 0.1) is 35.6 Å². The van der Waals surface area contributed by atoms with Crippen molar-refractivity contribution in [1.82, 2.24) is 4.57 Å². The molecule has 1 aliphatic heterocycles. The zero-order chi connectivity index (χ0) is 23.8. The summed E-state index contributed by atoms with van der Waals surface area (Å²) in [6.45, 7) is 3.79. The predicted molar refractivity (Wildman–Crippen MR) is 135 cm³/mol. The van der Waals surface area contributed by atoms with E-state index in [2.05, 4.69) is 4.99 Å². The second-order valence-corrected chi connectivity index (χ2v) is 9.71. The highest BCUT2D eigenvalue weighted by molar-refractivity contribution is 7.11. The SMILES string of the molecule is CCOC(=O)C1=C(C)N=c2s/c(=C/c3cccs3)c(=O)n2[C@H]1c1ccc(OC)c2ccccc12. The average molecular weight is 491 g/mol. The molecule has 5 rings (SSSR count). The molecule has 1 aliphatic rings. The summed E-state index contributed by atoms with van der Waals surface area (Å²) in [7, 11) is 1.63. The highest BCUT2D eigenvalue weighted by Gasteiger charge is 2.34. The number of hydrogen-bond donors (Lipinski definition) is 0. The lowest BCUT2D eigenvalue weighted by atomic mass is 9.91. The van der Waals surface area contributed by atoms with Crippen molar-refractivity contribution in [1.29, 1.82) is 0 Å². The van der Waals surface area contributed by atoms with Gasteiger partial charge in [-0.25, -0.2) is 9.79 Å². The molecule has 8 heteroatoms. The molecule has 0 N–H and O–H groups in total. The Bertz CT molecular complexity index is 1610. The summed E-state index contributed by atoms with van der Waals surface area (Å²) >= 11 is 2.89. The van der Waals surface area contributed by atoms with Crippen LogP contribution in [0, 0.1) is 0 Å². The molecule has 0 saturated carbocycles. The van der Waals surface area contributed by atoms with E-state index in [0.717, 1.165) is 27.0 Å². The number of carbonyl (C=O) groups excluding carboxylic acids is 1. The molecule has 34 heavy (non-hydrogen) atoms. The van der Waals surface area contributed by atoms with E-state index in [1.165, 1.54) is 11.3 Å². The summed E-state index contributed by atoms with van der Waals surface area (Å²) in [5, 5.41) is 3.77.